The number of carboxylic acids is 1. The molecule has 1 atom stereocenters. The van der Waals surface area contributed by atoms with Crippen molar-refractivity contribution >= 4 is 21.9 Å². The summed E-state index contributed by atoms with van der Waals surface area (Å²) in [5.41, 5.74) is 1.06. The van der Waals surface area contributed by atoms with Crippen molar-refractivity contribution in [3.63, 3.8) is 0 Å². The molecule has 1 fully saturated rings. The SMILES string of the molecule is COc1cc(Br)c(CN2CCC(C(=O)O)C2)cc1OC. The molecule has 110 valence electrons. The van der Waals surface area contributed by atoms with Gasteiger partial charge in [-0.3, -0.25) is 9.69 Å². The number of likely N-dealkylation sites (tertiary alicyclic amines) is 1. The molecule has 1 saturated heterocycles. The lowest BCUT2D eigenvalue weighted by molar-refractivity contribution is -0.141. The maximum Gasteiger partial charge on any atom is 0.307 e. The second kappa shape index (κ2) is 6.45. The molecule has 1 heterocycles. The Kier molecular flexibility index (Phi) is 4.88. The molecule has 0 radical (unpaired) electrons. The van der Waals surface area contributed by atoms with Crippen molar-refractivity contribution in [2.45, 2.75) is 13.0 Å². The van der Waals surface area contributed by atoms with Crippen LogP contribution in [0.25, 0.3) is 0 Å². The minimum Gasteiger partial charge on any atom is -0.493 e. The second-order valence-corrected chi connectivity index (χ2v) is 5.71. The molecule has 1 aromatic carbocycles. The van der Waals surface area contributed by atoms with Crippen LogP contribution in [0.2, 0.25) is 0 Å². The Balaban J connectivity index is 2.12. The molecule has 2 rings (SSSR count). The zero-order chi connectivity index (χ0) is 14.7. The van der Waals surface area contributed by atoms with Gasteiger partial charge in [-0.05, 0) is 30.7 Å². The molecule has 6 heteroatoms. The van der Waals surface area contributed by atoms with Crippen molar-refractivity contribution in [3.05, 3.63) is 22.2 Å². The Labute approximate surface area is 126 Å². The largest absolute Gasteiger partial charge is 0.493 e. The molecule has 1 aliphatic heterocycles. The number of halogens is 1. The van der Waals surface area contributed by atoms with Gasteiger partial charge in [-0.15, -0.1) is 0 Å². The van der Waals surface area contributed by atoms with E-state index in [4.69, 9.17) is 14.6 Å². The van der Waals surface area contributed by atoms with Gasteiger partial charge in [-0.1, -0.05) is 15.9 Å². The lowest BCUT2D eigenvalue weighted by atomic mass is 10.1. The van der Waals surface area contributed by atoms with Crippen molar-refractivity contribution in [1.82, 2.24) is 4.90 Å². The van der Waals surface area contributed by atoms with E-state index in [1.165, 1.54) is 0 Å². The van der Waals surface area contributed by atoms with E-state index >= 15 is 0 Å². The van der Waals surface area contributed by atoms with Crippen LogP contribution in [0.5, 0.6) is 11.5 Å². The van der Waals surface area contributed by atoms with Crippen molar-refractivity contribution in [3.8, 4) is 11.5 Å². The highest BCUT2D eigenvalue weighted by Gasteiger charge is 2.28. The molecule has 0 bridgehead atoms. The van der Waals surface area contributed by atoms with Gasteiger partial charge in [-0.2, -0.15) is 0 Å². The van der Waals surface area contributed by atoms with E-state index in [2.05, 4.69) is 20.8 Å². The highest BCUT2D eigenvalue weighted by atomic mass is 79.9. The van der Waals surface area contributed by atoms with E-state index in [-0.39, 0.29) is 5.92 Å². The van der Waals surface area contributed by atoms with Gasteiger partial charge in [0, 0.05) is 17.6 Å². The third kappa shape index (κ3) is 3.24. The topological polar surface area (TPSA) is 59.0 Å². The number of carbonyl (C=O) groups is 1. The second-order valence-electron chi connectivity index (χ2n) is 4.86. The standard InChI is InChI=1S/C14H18BrNO4/c1-19-12-5-10(11(15)6-13(12)20-2)8-16-4-3-9(7-16)14(17)18/h5-6,9H,3-4,7-8H2,1-2H3,(H,17,18). The minimum atomic E-state index is -0.709. The van der Waals surface area contributed by atoms with Crippen LogP contribution in [0.15, 0.2) is 16.6 Å². The molecule has 0 spiro atoms. The van der Waals surface area contributed by atoms with E-state index < -0.39 is 5.97 Å². The zero-order valence-corrected chi connectivity index (χ0v) is 13.1. The van der Waals surface area contributed by atoms with Crippen molar-refractivity contribution in [1.29, 1.82) is 0 Å². The first kappa shape index (κ1) is 15.1. The van der Waals surface area contributed by atoms with E-state index in [0.29, 0.717) is 31.0 Å². The molecule has 1 unspecified atom stereocenters. The van der Waals surface area contributed by atoms with E-state index in [0.717, 1.165) is 16.6 Å². The van der Waals surface area contributed by atoms with Crippen LogP contribution in [0, 0.1) is 5.92 Å². The number of ether oxygens (including phenoxy) is 2. The van der Waals surface area contributed by atoms with Crippen LogP contribution in [-0.2, 0) is 11.3 Å². The van der Waals surface area contributed by atoms with Gasteiger partial charge < -0.3 is 14.6 Å². The number of nitrogens with zero attached hydrogens (tertiary/aromatic N) is 1. The zero-order valence-electron chi connectivity index (χ0n) is 11.6. The first-order chi connectivity index (χ1) is 9.55. The van der Waals surface area contributed by atoms with Gasteiger partial charge in [0.15, 0.2) is 11.5 Å². The van der Waals surface area contributed by atoms with Gasteiger partial charge in [0.25, 0.3) is 0 Å². The summed E-state index contributed by atoms with van der Waals surface area (Å²) in [6.45, 7) is 2.10. The summed E-state index contributed by atoms with van der Waals surface area (Å²) in [4.78, 5) is 13.1. The minimum absolute atomic E-state index is 0.256. The highest BCUT2D eigenvalue weighted by molar-refractivity contribution is 9.10. The Morgan fingerprint density at radius 2 is 2.05 bits per heavy atom. The molecule has 0 saturated carbocycles. The number of rotatable bonds is 5. The Morgan fingerprint density at radius 1 is 1.40 bits per heavy atom. The summed E-state index contributed by atoms with van der Waals surface area (Å²) >= 11 is 3.52. The molecule has 1 N–H and O–H groups in total. The molecule has 1 aliphatic rings. The van der Waals surface area contributed by atoms with Crippen LogP contribution >= 0.6 is 15.9 Å². The summed E-state index contributed by atoms with van der Waals surface area (Å²) in [7, 11) is 3.20. The lowest BCUT2D eigenvalue weighted by Crippen LogP contribution is -2.23. The number of aliphatic carboxylic acids is 1. The fourth-order valence-corrected chi connectivity index (χ4v) is 2.88. The normalized spacial score (nSPS) is 19.1. The lowest BCUT2D eigenvalue weighted by Gasteiger charge is -2.18. The number of benzene rings is 1. The van der Waals surface area contributed by atoms with Crippen LogP contribution < -0.4 is 9.47 Å². The smallest absolute Gasteiger partial charge is 0.307 e. The van der Waals surface area contributed by atoms with Crippen molar-refractivity contribution < 1.29 is 19.4 Å². The molecule has 0 amide bonds. The van der Waals surface area contributed by atoms with Crippen LogP contribution in [0.3, 0.4) is 0 Å². The van der Waals surface area contributed by atoms with Gasteiger partial charge in [0.2, 0.25) is 0 Å². The number of carboxylic acid groups (broad SMARTS) is 1. The van der Waals surface area contributed by atoms with Crippen LogP contribution in [0.4, 0.5) is 0 Å². The van der Waals surface area contributed by atoms with Gasteiger partial charge in [0.1, 0.15) is 0 Å². The maximum atomic E-state index is 11.0. The monoisotopic (exact) mass is 343 g/mol. The quantitative estimate of drug-likeness (QED) is 0.889. The fourth-order valence-electron chi connectivity index (χ4n) is 2.44. The molecule has 1 aromatic rings. The van der Waals surface area contributed by atoms with Crippen molar-refractivity contribution in [2.75, 3.05) is 27.3 Å². The number of hydrogen-bond acceptors (Lipinski definition) is 4. The Hall–Kier alpha value is -1.27. The Bertz CT molecular complexity index is 506. The molecule has 20 heavy (non-hydrogen) atoms. The third-order valence-corrected chi connectivity index (χ3v) is 4.31. The van der Waals surface area contributed by atoms with Gasteiger partial charge in [0.05, 0.1) is 20.1 Å². The summed E-state index contributed by atoms with van der Waals surface area (Å²) < 4.78 is 11.5. The maximum absolute atomic E-state index is 11.0. The summed E-state index contributed by atoms with van der Waals surface area (Å²) in [5.74, 6) is 0.389. The number of methoxy groups -OCH3 is 2. The van der Waals surface area contributed by atoms with Crippen molar-refractivity contribution in [2.24, 2.45) is 5.92 Å². The first-order valence-electron chi connectivity index (χ1n) is 6.40. The van der Waals surface area contributed by atoms with Gasteiger partial charge in [-0.25, -0.2) is 0 Å². The fraction of sp³-hybridized carbons (Fsp3) is 0.500. The van der Waals surface area contributed by atoms with Crippen LogP contribution in [-0.4, -0.2) is 43.3 Å². The predicted molar refractivity (Wildman–Crippen MR) is 78.3 cm³/mol. The molecule has 0 aromatic heterocycles. The summed E-state index contributed by atoms with van der Waals surface area (Å²) in [5, 5.41) is 9.03. The van der Waals surface area contributed by atoms with E-state index in [1.54, 1.807) is 14.2 Å². The van der Waals surface area contributed by atoms with Gasteiger partial charge >= 0.3 is 5.97 Å². The average Bonchev–Trinajstić information content (AvgIpc) is 2.89. The summed E-state index contributed by atoms with van der Waals surface area (Å²) in [6, 6.07) is 3.80. The molecule has 0 aliphatic carbocycles. The average molecular weight is 344 g/mol. The summed E-state index contributed by atoms with van der Waals surface area (Å²) in [6.07, 6.45) is 0.709. The number of hydrogen-bond donors (Lipinski definition) is 1. The first-order valence-corrected chi connectivity index (χ1v) is 7.20. The highest BCUT2D eigenvalue weighted by Crippen LogP contribution is 2.34. The van der Waals surface area contributed by atoms with E-state index in [1.807, 2.05) is 12.1 Å². The molecule has 5 nitrogen and oxygen atoms in total. The van der Waals surface area contributed by atoms with E-state index in [9.17, 15) is 4.79 Å². The Morgan fingerprint density at radius 3 is 2.60 bits per heavy atom. The predicted octanol–water partition coefficient (Wildman–Crippen LogP) is 2.37. The van der Waals surface area contributed by atoms with Crippen LogP contribution in [0.1, 0.15) is 12.0 Å². The molecular formula is C14H18BrNO4. The third-order valence-electron chi connectivity index (χ3n) is 3.57. The molecular weight excluding hydrogens is 326 g/mol.